The minimum Gasteiger partial charge on any atom is -0.480 e. The third kappa shape index (κ3) is 7.72. The number of carboxylic acids is 1. The summed E-state index contributed by atoms with van der Waals surface area (Å²) in [5.74, 6) is -1.61. The van der Waals surface area contributed by atoms with Crippen molar-refractivity contribution in [3.05, 3.63) is 0 Å². The summed E-state index contributed by atoms with van der Waals surface area (Å²) in [4.78, 5) is 38.0. The number of carboxylic acid groups (broad SMARTS) is 1. The maximum absolute atomic E-state index is 12.4. The minimum atomic E-state index is -3.24. The first-order valence-electron chi connectivity index (χ1n) is 8.99. The number of carbonyl (C=O) groups excluding carboxylic acids is 2. The Morgan fingerprint density at radius 2 is 1.85 bits per heavy atom. The van der Waals surface area contributed by atoms with Crippen molar-refractivity contribution in [3.8, 4) is 0 Å². The average molecular weight is 391 g/mol. The molecule has 0 radical (unpaired) electrons. The number of hydrogen-bond acceptors (Lipinski definition) is 5. The molecular formula is C17H30N2O6S. The summed E-state index contributed by atoms with van der Waals surface area (Å²) in [6.45, 7) is 5.55. The van der Waals surface area contributed by atoms with Crippen LogP contribution >= 0.6 is 0 Å². The quantitative estimate of drug-likeness (QED) is 0.655. The van der Waals surface area contributed by atoms with E-state index in [1.54, 1.807) is 4.90 Å². The molecule has 1 saturated heterocycles. The fourth-order valence-electron chi connectivity index (χ4n) is 3.28. The first-order valence-corrected chi connectivity index (χ1v) is 10.8. The van der Waals surface area contributed by atoms with Crippen LogP contribution in [-0.4, -0.2) is 78.3 Å². The fraction of sp³-hybridized carbons (Fsp3) is 0.824. The first-order chi connectivity index (χ1) is 12.0. The standard InChI is InChI=1S/C17H30N2O6S/c1-13(2)12-26(24,25)10-7-16(21)18-8-4-5-15(6-9-18)19(14(3)20)11-17(22)23/h13,15H,4-12H2,1-3H3,(H,22,23). The highest BCUT2D eigenvalue weighted by molar-refractivity contribution is 7.91. The summed E-state index contributed by atoms with van der Waals surface area (Å²) in [5.41, 5.74) is 0. The number of carbonyl (C=O) groups is 3. The highest BCUT2D eigenvalue weighted by Crippen LogP contribution is 2.18. The Morgan fingerprint density at radius 3 is 2.38 bits per heavy atom. The third-order valence-electron chi connectivity index (χ3n) is 4.42. The van der Waals surface area contributed by atoms with Gasteiger partial charge in [0.25, 0.3) is 0 Å². The summed E-state index contributed by atoms with van der Waals surface area (Å²) >= 11 is 0. The van der Waals surface area contributed by atoms with Gasteiger partial charge in [0.15, 0.2) is 9.84 Å². The zero-order valence-corrected chi connectivity index (χ0v) is 16.6. The van der Waals surface area contributed by atoms with E-state index in [2.05, 4.69) is 0 Å². The molecule has 8 nitrogen and oxygen atoms in total. The van der Waals surface area contributed by atoms with Crippen LogP contribution in [0.5, 0.6) is 0 Å². The fourth-order valence-corrected chi connectivity index (χ4v) is 4.94. The lowest BCUT2D eigenvalue weighted by Gasteiger charge is -2.28. The van der Waals surface area contributed by atoms with Crippen LogP contribution in [-0.2, 0) is 24.2 Å². The van der Waals surface area contributed by atoms with Crippen LogP contribution < -0.4 is 0 Å². The van der Waals surface area contributed by atoms with Crippen molar-refractivity contribution >= 4 is 27.6 Å². The monoisotopic (exact) mass is 390 g/mol. The molecule has 1 aliphatic heterocycles. The number of rotatable bonds is 8. The van der Waals surface area contributed by atoms with Crippen molar-refractivity contribution in [2.45, 2.75) is 52.5 Å². The van der Waals surface area contributed by atoms with Crippen molar-refractivity contribution < 1.29 is 27.9 Å². The second-order valence-electron chi connectivity index (χ2n) is 7.26. The Labute approximate surface area is 155 Å². The van der Waals surface area contributed by atoms with Crippen LogP contribution in [0, 0.1) is 5.92 Å². The Hall–Kier alpha value is -1.64. The number of likely N-dealkylation sites (tertiary alicyclic amines) is 1. The summed E-state index contributed by atoms with van der Waals surface area (Å²) < 4.78 is 23.9. The molecule has 1 heterocycles. The van der Waals surface area contributed by atoms with Crippen molar-refractivity contribution in [1.29, 1.82) is 0 Å². The summed E-state index contributed by atoms with van der Waals surface area (Å²) in [6.07, 6.45) is 1.74. The first kappa shape index (κ1) is 22.4. The van der Waals surface area contributed by atoms with Crippen molar-refractivity contribution in [2.75, 3.05) is 31.1 Å². The zero-order valence-electron chi connectivity index (χ0n) is 15.8. The molecule has 0 spiro atoms. The second-order valence-corrected chi connectivity index (χ2v) is 9.49. The minimum absolute atomic E-state index is 0.0286. The molecule has 0 aromatic heterocycles. The Kier molecular flexibility index (Phi) is 8.52. The van der Waals surface area contributed by atoms with Crippen LogP contribution in [0.4, 0.5) is 0 Å². The number of nitrogens with zero attached hydrogens (tertiary/aromatic N) is 2. The molecule has 1 N–H and O–H groups in total. The van der Waals surface area contributed by atoms with Gasteiger partial charge in [0.05, 0.1) is 11.5 Å². The van der Waals surface area contributed by atoms with Gasteiger partial charge in [0.2, 0.25) is 11.8 Å². The van der Waals surface area contributed by atoms with Crippen molar-refractivity contribution in [2.24, 2.45) is 5.92 Å². The lowest BCUT2D eigenvalue weighted by Crippen LogP contribution is -2.43. The van der Waals surface area contributed by atoms with Crippen molar-refractivity contribution in [3.63, 3.8) is 0 Å². The molecule has 1 aliphatic rings. The van der Waals surface area contributed by atoms with Gasteiger partial charge in [0, 0.05) is 32.5 Å². The lowest BCUT2D eigenvalue weighted by molar-refractivity contribution is -0.145. The Bertz CT molecular complexity index is 617. The molecule has 0 saturated carbocycles. The molecule has 26 heavy (non-hydrogen) atoms. The average Bonchev–Trinajstić information content (AvgIpc) is 2.74. The van der Waals surface area contributed by atoms with Gasteiger partial charge in [-0.25, -0.2) is 8.42 Å². The van der Waals surface area contributed by atoms with E-state index in [0.717, 1.165) is 0 Å². The molecule has 1 unspecified atom stereocenters. The summed E-state index contributed by atoms with van der Waals surface area (Å²) in [6, 6.07) is -0.217. The van der Waals surface area contributed by atoms with E-state index in [-0.39, 0.29) is 48.2 Å². The Balaban J connectivity index is 2.60. The van der Waals surface area contributed by atoms with Crippen LogP contribution in [0.2, 0.25) is 0 Å². The van der Waals surface area contributed by atoms with Crippen LogP contribution in [0.15, 0.2) is 0 Å². The van der Waals surface area contributed by atoms with Gasteiger partial charge in [0.1, 0.15) is 6.54 Å². The molecule has 150 valence electrons. The zero-order chi connectivity index (χ0) is 19.9. The van der Waals surface area contributed by atoms with E-state index in [1.807, 2.05) is 13.8 Å². The summed E-state index contributed by atoms with van der Waals surface area (Å²) in [5, 5.41) is 8.97. The molecule has 1 atom stereocenters. The molecule has 0 bridgehead atoms. The van der Waals surface area contributed by atoms with E-state index in [0.29, 0.717) is 32.4 Å². The van der Waals surface area contributed by atoms with Gasteiger partial charge in [-0.1, -0.05) is 13.8 Å². The molecule has 9 heteroatoms. The maximum Gasteiger partial charge on any atom is 0.323 e. The predicted octanol–water partition coefficient (Wildman–Crippen LogP) is 0.762. The molecule has 0 aliphatic carbocycles. The number of aliphatic carboxylic acids is 1. The van der Waals surface area contributed by atoms with E-state index >= 15 is 0 Å². The topological polar surface area (TPSA) is 112 Å². The number of amides is 2. The maximum atomic E-state index is 12.4. The van der Waals surface area contributed by atoms with E-state index < -0.39 is 15.8 Å². The molecule has 2 amide bonds. The smallest absolute Gasteiger partial charge is 0.323 e. The van der Waals surface area contributed by atoms with Gasteiger partial charge < -0.3 is 14.9 Å². The number of hydrogen-bond donors (Lipinski definition) is 1. The van der Waals surface area contributed by atoms with Crippen molar-refractivity contribution in [1.82, 2.24) is 9.80 Å². The highest BCUT2D eigenvalue weighted by atomic mass is 32.2. The lowest BCUT2D eigenvalue weighted by atomic mass is 10.1. The van der Waals surface area contributed by atoms with Gasteiger partial charge in [-0.05, 0) is 25.2 Å². The molecule has 1 fully saturated rings. The van der Waals surface area contributed by atoms with Gasteiger partial charge >= 0.3 is 5.97 Å². The summed E-state index contributed by atoms with van der Waals surface area (Å²) in [7, 11) is -3.24. The van der Waals surface area contributed by atoms with E-state index in [9.17, 15) is 22.8 Å². The van der Waals surface area contributed by atoms with Gasteiger partial charge in [-0.2, -0.15) is 0 Å². The van der Waals surface area contributed by atoms with Crippen LogP contribution in [0.25, 0.3) is 0 Å². The Morgan fingerprint density at radius 1 is 1.19 bits per heavy atom. The number of sulfone groups is 1. The molecule has 1 rings (SSSR count). The van der Waals surface area contributed by atoms with Crippen LogP contribution in [0.1, 0.15) is 46.5 Å². The van der Waals surface area contributed by atoms with Crippen LogP contribution in [0.3, 0.4) is 0 Å². The van der Waals surface area contributed by atoms with Gasteiger partial charge in [-0.15, -0.1) is 0 Å². The largest absolute Gasteiger partial charge is 0.480 e. The SMILES string of the molecule is CC(=O)N(CC(=O)O)C1CCCN(C(=O)CCS(=O)(=O)CC(C)C)CC1. The predicted molar refractivity (Wildman–Crippen MR) is 97.4 cm³/mol. The molecular weight excluding hydrogens is 360 g/mol. The van der Waals surface area contributed by atoms with Gasteiger partial charge in [-0.3, -0.25) is 14.4 Å². The normalized spacial score (nSPS) is 18.5. The highest BCUT2D eigenvalue weighted by Gasteiger charge is 2.28. The molecule has 0 aromatic carbocycles. The molecule has 0 aromatic rings. The van der Waals surface area contributed by atoms with E-state index in [1.165, 1.54) is 11.8 Å². The third-order valence-corrected chi connectivity index (χ3v) is 6.42. The second kappa shape index (κ2) is 9.89. The van der Waals surface area contributed by atoms with E-state index in [4.69, 9.17) is 5.11 Å².